The normalized spacial score (nSPS) is 12.8. The molecule has 0 aliphatic heterocycles. The molecule has 1 amide bonds. The van der Waals surface area contributed by atoms with Gasteiger partial charge in [0.15, 0.2) is 0 Å². The molecule has 1 aromatic carbocycles. The van der Waals surface area contributed by atoms with Gasteiger partial charge in [0, 0.05) is 5.56 Å². The first-order valence-electron chi connectivity index (χ1n) is 6.63. The number of amides is 1. The Labute approximate surface area is 140 Å². The van der Waals surface area contributed by atoms with Crippen molar-refractivity contribution in [3.05, 3.63) is 29.8 Å². The Morgan fingerprint density at radius 3 is 2.38 bits per heavy atom. The van der Waals surface area contributed by atoms with Crippen molar-refractivity contribution in [2.24, 2.45) is 0 Å². The smallest absolute Gasteiger partial charge is 0.252 e. The molecule has 0 spiro atoms. The number of nitrogens with one attached hydrogen (secondary N) is 2. The zero-order chi connectivity index (χ0) is 15.9. The van der Waals surface area contributed by atoms with Crippen molar-refractivity contribution in [3.63, 3.8) is 0 Å². The van der Waals surface area contributed by atoms with Gasteiger partial charge in [0.25, 0.3) is 5.91 Å². The fourth-order valence-corrected chi connectivity index (χ4v) is 2.02. The van der Waals surface area contributed by atoms with Gasteiger partial charge in [-0.05, 0) is 37.2 Å². The number of alkyl halides is 3. The number of hydrogen-bond acceptors (Lipinski definition) is 3. The van der Waals surface area contributed by atoms with E-state index in [1.807, 2.05) is 0 Å². The van der Waals surface area contributed by atoms with E-state index < -0.39 is 9.96 Å². The van der Waals surface area contributed by atoms with Gasteiger partial charge in [0.2, 0.25) is 3.79 Å². The minimum absolute atomic E-state index is 0.321. The molecule has 21 heavy (non-hydrogen) atoms. The zero-order valence-corrected chi connectivity index (χ0v) is 14.2. The Morgan fingerprint density at radius 2 is 1.90 bits per heavy atom. The maximum absolute atomic E-state index is 12.2. The third-order valence-corrected chi connectivity index (χ3v) is 3.49. The molecule has 4 nitrogen and oxygen atoms in total. The van der Waals surface area contributed by atoms with Gasteiger partial charge in [-0.15, -0.1) is 0 Å². The Balaban J connectivity index is 2.70. The maximum Gasteiger partial charge on any atom is 0.252 e. The molecule has 7 heteroatoms. The maximum atomic E-state index is 12.2. The summed E-state index contributed by atoms with van der Waals surface area (Å²) in [5, 5.41) is 5.71. The minimum Gasteiger partial charge on any atom is -0.497 e. The van der Waals surface area contributed by atoms with Gasteiger partial charge < -0.3 is 10.1 Å². The molecule has 0 saturated carbocycles. The van der Waals surface area contributed by atoms with E-state index in [1.165, 1.54) is 0 Å². The van der Waals surface area contributed by atoms with E-state index in [9.17, 15) is 4.79 Å². The van der Waals surface area contributed by atoms with Crippen LogP contribution < -0.4 is 15.4 Å². The fourth-order valence-electron chi connectivity index (χ4n) is 1.63. The predicted octanol–water partition coefficient (Wildman–Crippen LogP) is 3.51. The first-order chi connectivity index (χ1) is 9.88. The second-order valence-corrected chi connectivity index (χ2v) is 6.85. The number of ether oxygens (including phenoxy) is 1. The molecule has 0 aromatic heterocycles. The molecular weight excluding hydrogens is 335 g/mol. The number of benzene rings is 1. The van der Waals surface area contributed by atoms with Gasteiger partial charge >= 0.3 is 0 Å². The SMILES string of the molecule is CCCCN[C@H](NC(=O)c1ccc(OC)cc1)C(Cl)(Cl)Cl. The van der Waals surface area contributed by atoms with Crippen LogP contribution in [-0.4, -0.2) is 29.5 Å². The van der Waals surface area contributed by atoms with Crippen molar-refractivity contribution >= 4 is 40.7 Å². The summed E-state index contributed by atoms with van der Waals surface area (Å²) in [7, 11) is 1.56. The summed E-state index contributed by atoms with van der Waals surface area (Å²) < 4.78 is 3.41. The van der Waals surface area contributed by atoms with Crippen LogP contribution in [0.3, 0.4) is 0 Å². The molecule has 118 valence electrons. The molecule has 0 radical (unpaired) electrons. The van der Waals surface area contributed by atoms with E-state index in [4.69, 9.17) is 39.5 Å². The van der Waals surface area contributed by atoms with Crippen LogP contribution in [0.5, 0.6) is 5.75 Å². The molecule has 2 N–H and O–H groups in total. The average Bonchev–Trinajstić information content (AvgIpc) is 2.45. The van der Waals surface area contributed by atoms with Gasteiger partial charge in [0.1, 0.15) is 11.9 Å². The van der Waals surface area contributed by atoms with E-state index in [2.05, 4.69) is 17.6 Å². The molecule has 1 atom stereocenters. The fraction of sp³-hybridized carbons (Fsp3) is 0.500. The van der Waals surface area contributed by atoms with E-state index in [1.54, 1.807) is 31.4 Å². The van der Waals surface area contributed by atoms with Crippen LogP contribution in [0, 0.1) is 0 Å². The molecule has 0 unspecified atom stereocenters. The Morgan fingerprint density at radius 1 is 1.29 bits per heavy atom. The molecule has 1 rings (SSSR count). The van der Waals surface area contributed by atoms with Crippen LogP contribution in [0.1, 0.15) is 30.1 Å². The highest BCUT2D eigenvalue weighted by Gasteiger charge is 2.33. The van der Waals surface area contributed by atoms with Crippen LogP contribution in [0.2, 0.25) is 0 Å². The predicted molar refractivity (Wildman–Crippen MR) is 87.4 cm³/mol. The highest BCUT2D eigenvalue weighted by Crippen LogP contribution is 2.29. The van der Waals surface area contributed by atoms with Crippen LogP contribution in [-0.2, 0) is 0 Å². The van der Waals surface area contributed by atoms with Crippen LogP contribution in [0.15, 0.2) is 24.3 Å². The van der Waals surface area contributed by atoms with E-state index in [0.29, 0.717) is 17.9 Å². The van der Waals surface area contributed by atoms with Crippen molar-refractivity contribution in [1.82, 2.24) is 10.6 Å². The van der Waals surface area contributed by atoms with E-state index in [0.717, 1.165) is 12.8 Å². The quantitative estimate of drug-likeness (QED) is 0.448. The summed E-state index contributed by atoms with van der Waals surface area (Å²) in [5.41, 5.74) is 0.465. The van der Waals surface area contributed by atoms with Gasteiger partial charge in [-0.1, -0.05) is 48.1 Å². The van der Waals surface area contributed by atoms with Crippen LogP contribution in [0.25, 0.3) is 0 Å². The van der Waals surface area contributed by atoms with Gasteiger partial charge in [-0.3, -0.25) is 10.1 Å². The summed E-state index contributed by atoms with van der Waals surface area (Å²) in [5.74, 6) is 0.350. The van der Waals surface area contributed by atoms with Crippen molar-refractivity contribution in [2.45, 2.75) is 29.7 Å². The number of halogens is 3. The molecule has 1 aromatic rings. The standard InChI is InChI=1S/C14H19Cl3N2O2/c1-3-4-9-18-13(14(15,16)17)19-12(20)10-5-7-11(21-2)8-6-10/h5-8,13,18H,3-4,9H2,1-2H3,(H,19,20)/t13-/m1/s1. The lowest BCUT2D eigenvalue weighted by molar-refractivity contribution is 0.0929. The Hall–Kier alpha value is -0.680. The Bertz CT molecular complexity index is 447. The number of methoxy groups -OCH3 is 1. The van der Waals surface area contributed by atoms with Crippen LogP contribution >= 0.6 is 34.8 Å². The molecular formula is C14H19Cl3N2O2. The second kappa shape index (κ2) is 8.69. The highest BCUT2D eigenvalue weighted by atomic mass is 35.6. The number of carbonyl (C=O) groups is 1. The topological polar surface area (TPSA) is 50.4 Å². The zero-order valence-electron chi connectivity index (χ0n) is 12.0. The number of unbranched alkanes of at least 4 members (excludes halogenated alkanes) is 1. The summed E-state index contributed by atoms with van der Waals surface area (Å²) in [6.07, 6.45) is 1.17. The molecule has 0 saturated heterocycles. The minimum atomic E-state index is -1.63. The van der Waals surface area contributed by atoms with E-state index in [-0.39, 0.29) is 5.91 Å². The summed E-state index contributed by atoms with van der Waals surface area (Å²) in [4.78, 5) is 12.2. The van der Waals surface area contributed by atoms with Crippen LogP contribution in [0.4, 0.5) is 0 Å². The Kier molecular flexibility index (Phi) is 7.60. The largest absolute Gasteiger partial charge is 0.497 e. The number of hydrogen-bond donors (Lipinski definition) is 2. The van der Waals surface area contributed by atoms with Gasteiger partial charge in [-0.2, -0.15) is 0 Å². The highest BCUT2D eigenvalue weighted by molar-refractivity contribution is 6.68. The molecule has 0 fully saturated rings. The lowest BCUT2D eigenvalue weighted by Gasteiger charge is -2.26. The summed E-state index contributed by atoms with van der Waals surface area (Å²) in [6.45, 7) is 2.71. The average molecular weight is 354 g/mol. The van der Waals surface area contributed by atoms with Gasteiger partial charge in [0.05, 0.1) is 7.11 Å². The van der Waals surface area contributed by atoms with Crippen molar-refractivity contribution in [3.8, 4) is 5.75 Å². The van der Waals surface area contributed by atoms with Crippen molar-refractivity contribution < 1.29 is 9.53 Å². The molecule has 0 bridgehead atoms. The van der Waals surface area contributed by atoms with Crippen molar-refractivity contribution in [2.75, 3.05) is 13.7 Å². The lowest BCUT2D eigenvalue weighted by atomic mass is 10.2. The van der Waals surface area contributed by atoms with Gasteiger partial charge in [-0.25, -0.2) is 0 Å². The number of rotatable bonds is 7. The molecule has 0 aliphatic carbocycles. The third kappa shape index (κ3) is 6.30. The molecule has 0 heterocycles. The molecule has 0 aliphatic rings. The lowest BCUT2D eigenvalue weighted by Crippen LogP contribution is -2.53. The first-order valence-corrected chi connectivity index (χ1v) is 7.77. The number of carbonyl (C=O) groups excluding carboxylic acids is 1. The first kappa shape index (κ1) is 18.4. The summed E-state index contributed by atoms with van der Waals surface area (Å²) in [6, 6.07) is 6.69. The summed E-state index contributed by atoms with van der Waals surface area (Å²) >= 11 is 17.7. The third-order valence-electron chi connectivity index (χ3n) is 2.83. The van der Waals surface area contributed by atoms with Crippen molar-refractivity contribution in [1.29, 1.82) is 0 Å². The second-order valence-electron chi connectivity index (χ2n) is 4.48. The van der Waals surface area contributed by atoms with E-state index >= 15 is 0 Å². The monoisotopic (exact) mass is 352 g/mol.